The molecule has 0 spiro atoms. The fourth-order valence-corrected chi connectivity index (χ4v) is 3.15. The largest absolute Gasteiger partial charge is 0.382 e. The molecule has 2 N–H and O–H groups in total. The number of imidazole rings is 1. The summed E-state index contributed by atoms with van der Waals surface area (Å²) in [4.78, 5) is 11.3. The molecule has 5 nitrogen and oxygen atoms in total. The zero-order valence-electron chi connectivity index (χ0n) is 12.3. The van der Waals surface area contributed by atoms with Crippen molar-refractivity contribution in [2.45, 2.75) is 33.1 Å². The van der Waals surface area contributed by atoms with E-state index in [2.05, 4.69) is 28.7 Å². The minimum absolute atomic E-state index is 0.551. The molecule has 5 heteroatoms. The third-order valence-corrected chi connectivity index (χ3v) is 4.39. The first-order valence-electron chi connectivity index (χ1n) is 7.49. The molecule has 0 radical (unpaired) electrons. The van der Waals surface area contributed by atoms with Crippen LogP contribution in [0.3, 0.4) is 0 Å². The summed E-state index contributed by atoms with van der Waals surface area (Å²) < 4.78 is 1.96. The fraction of sp³-hybridized carbons (Fsp3) is 0.600. The molecule has 0 amide bonds. The van der Waals surface area contributed by atoms with E-state index < -0.39 is 0 Å². The third kappa shape index (κ3) is 2.44. The van der Waals surface area contributed by atoms with Gasteiger partial charge in [-0.2, -0.15) is 0 Å². The maximum absolute atomic E-state index is 5.92. The predicted molar refractivity (Wildman–Crippen MR) is 81.8 cm³/mol. The molecule has 1 aliphatic heterocycles. The van der Waals surface area contributed by atoms with Crippen LogP contribution in [-0.2, 0) is 0 Å². The fourth-order valence-electron chi connectivity index (χ4n) is 3.15. The molecule has 1 fully saturated rings. The van der Waals surface area contributed by atoms with E-state index in [0.717, 1.165) is 36.4 Å². The van der Waals surface area contributed by atoms with Crippen molar-refractivity contribution in [1.82, 2.24) is 14.4 Å². The second-order valence-corrected chi connectivity index (χ2v) is 6.07. The number of nitrogens with two attached hydrogens (primary N) is 1. The van der Waals surface area contributed by atoms with Crippen LogP contribution >= 0.6 is 0 Å². The highest BCUT2D eigenvalue weighted by molar-refractivity contribution is 5.66. The zero-order valence-corrected chi connectivity index (χ0v) is 12.3. The summed E-state index contributed by atoms with van der Waals surface area (Å²) in [6.45, 7) is 6.74. The average molecular weight is 273 g/mol. The van der Waals surface area contributed by atoms with Gasteiger partial charge in [-0.05, 0) is 31.1 Å². The van der Waals surface area contributed by atoms with E-state index in [0.29, 0.717) is 5.82 Å². The van der Waals surface area contributed by atoms with Gasteiger partial charge in [-0.1, -0.05) is 13.8 Å². The van der Waals surface area contributed by atoms with Crippen LogP contribution in [0.1, 0.15) is 33.1 Å². The van der Waals surface area contributed by atoms with Crippen LogP contribution in [-0.4, -0.2) is 27.5 Å². The summed E-state index contributed by atoms with van der Waals surface area (Å²) in [6.07, 6.45) is 9.29. The number of nitrogen functional groups attached to an aromatic ring is 1. The van der Waals surface area contributed by atoms with Gasteiger partial charge in [0.25, 0.3) is 0 Å². The second-order valence-electron chi connectivity index (χ2n) is 6.07. The van der Waals surface area contributed by atoms with Crippen molar-refractivity contribution in [3.8, 4) is 0 Å². The van der Waals surface area contributed by atoms with E-state index in [-0.39, 0.29) is 0 Å². The van der Waals surface area contributed by atoms with Gasteiger partial charge in [0.05, 0.1) is 6.20 Å². The van der Waals surface area contributed by atoms with Crippen LogP contribution in [0.4, 0.5) is 11.6 Å². The SMILES string of the molecule is CC(C)C1CCCN(c2nc(N)cn3ccnc23)CC1. The Kier molecular flexibility index (Phi) is 3.51. The van der Waals surface area contributed by atoms with Crippen molar-refractivity contribution in [3.63, 3.8) is 0 Å². The van der Waals surface area contributed by atoms with Crippen molar-refractivity contribution < 1.29 is 0 Å². The summed E-state index contributed by atoms with van der Waals surface area (Å²) in [6, 6.07) is 0. The molecule has 108 valence electrons. The van der Waals surface area contributed by atoms with Crippen molar-refractivity contribution in [2.24, 2.45) is 11.8 Å². The number of nitrogens with zero attached hydrogens (tertiary/aromatic N) is 4. The molecular formula is C15H23N5. The van der Waals surface area contributed by atoms with Gasteiger partial charge in [-0.15, -0.1) is 0 Å². The van der Waals surface area contributed by atoms with Gasteiger partial charge < -0.3 is 15.0 Å². The molecule has 3 heterocycles. The molecule has 0 aliphatic carbocycles. The topological polar surface area (TPSA) is 59.5 Å². The van der Waals surface area contributed by atoms with Gasteiger partial charge >= 0.3 is 0 Å². The number of aromatic nitrogens is 3. The van der Waals surface area contributed by atoms with Gasteiger partial charge in [0, 0.05) is 25.5 Å². The summed E-state index contributed by atoms with van der Waals surface area (Å²) in [5, 5.41) is 0. The Labute approximate surface area is 119 Å². The van der Waals surface area contributed by atoms with Crippen LogP contribution in [0.2, 0.25) is 0 Å². The Morgan fingerprint density at radius 2 is 2.15 bits per heavy atom. The molecule has 1 saturated heterocycles. The maximum atomic E-state index is 5.92. The molecule has 1 unspecified atom stereocenters. The smallest absolute Gasteiger partial charge is 0.180 e. The summed E-state index contributed by atoms with van der Waals surface area (Å²) in [5.41, 5.74) is 6.82. The van der Waals surface area contributed by atoms with E-state index in [1.807, 2.05) is 16.8 Å². The Morgan fingerprint density at radius 1 is 1.30 bits per heavy atom. The minimum Gasteiger partial charge on any atom is -0.382 e. The lowest BCUT2D eigenvalue weighted by atomic mass is 9.89. The monoisotopic (exact) mass is 273 g/mol. The molecule has 2 aromatic rings. The first-order chi connectivity index (χ1) is 9.65. The highest BCUT2D eigenvalue weighted by Crippen LogP contribution is 2.28. The summed E-state index contributed by atoms with van der Waals surface area (Å²) in [7, 11) is 0. The molecular weight excluding hydrogens is 250 g/mol. The van der Waals surface area contributed by atoms with Gasteiger partial charge in [-0.25, -0.2) is 9.97 Å². The number of hydrogen-bond acceptors (Lipinski definition) is 4. The van der Waals surface area contributed by atoms with Crippen molar-refractivity contribution in [2.75, 3.05) is 23.7 Å². The normalized spacial score (nSPS) is 20.6. The summed E-state index contributed by atoms with van der Waals surface area (Å²) in [5.74, 6) is 3.06. The lowest BCUT2D eigenvalue weighted by molar-refractivity contribution is 0.351. The van der Waals surface area contributed by atoms with Crippen molar-refractivity contribution >= 4 is 17.3 Å². The summed E-state index contributed by atoms with van der Waals surface area (Å²) >= 11 is 0. The Hall–Kier alpha value is -1.78. The van der Waals surface area contributed by atoms with E-state index in [1.165, 1.54) is 19.3 Å². The van der Waals surface area contributed by atoms with Crippen molar-refractivity contribution in [3.05, 3.63) is 18.6 Å². The van der Waals surface area contributed by atoms with Crippen LogP contribution in [0.15, 0.2) is 18.6 Å². The minimum atomic E-state index is 0.551. The molecule has 3 rings (SSSR count). The van der Waals surface area contributed by atoms with Gasteiger partial charge in [0.15, 0.2) is 11.5 Å². The predicted octanol–water partition coefficient (Wildman–Crippen LogP) is 2.57. The first kappa shape index (κ1) is 13.2. The van der Waals surface area contributed by atoms with E-state index in [1.54, 1.807) is 6.20 Å². The maximum Gasteiger partial charge on any atom is 0.180 e. The number of anilines is 2. The van der Waals surface area contributed by atoms with Crippen LogP contribution in [0.5, 0.6) is 0 Å². The Balaban J connectivity index is 1.89. The van der Waals surface area contributed by atoms with E-state index in [4.69, 9.17) is 5.73 Å². The molecule has 2 aromatic heterocycles. The van der Waals surface area contributed by atoms with Crippen LogP contribution < -0.4 is 10.6 Å². The molecule has 0 saturated carbocycles. The molecule has 0 bridgehead atoms. The Morgan fingerprint density at radius 3 is 2.95 bits per heavy atom. The van der Waals surface area contributed by atoms with Crippen LogP contribution in [0, 0.1) is 11.8 Å². The highest BCUT2D eigenvalue weighted by atomic mass is 15.2. The van der Waals surface area contributed by atoms with Gasteiger partial charge in [-0.3, -0.25) is 0 Å². The first-order valence-corrected chi connectivity index (χ1v) is 7.49. The number of hydrogen-bond donors (Lipinski definition) is 1. The lowest BCUT2D eigenvalue weighted by Gasteiger charge is -2.23. The van der Waals surface area contributed by atoms with Crippen molar-refractivity contribution in [1.29, 1.82) is 0 Å². The number of fused-ring (bicyclic) bond motifs is 1. The second kappa shape index (κ2) is 5.31. The molecule has 20 heavy (non-hydrogen) atoms. The van der Waals surface area contributed by atoms with E-state index >= 15 is 0 Å². The standard InChI is InChI=1S/C15H23N5/c1-11(2)12-4-3-7-19(8-5-12)15-14-17-6-9-20(14)10-13(16)18-15/h6,9-12H,3-5,7-8,16H2,1-2H3. The highest BCUT2D eigenvalue weighted by Gasteiger charge is 2.22. The van der Waals surface area contributed by atoms with Crippen LogP contribution in [0.25, 0.3) is 5.65 Å². The lowest BCUT2D eigenvalue weighted by Crippen LogP contribution is -2.26. The zero-order chi connectivity index (χ0) is 14.1. The molecule has 1 aliphatic rings. The average Bonchev–Trinajstić information content (AvgIpc) is 2.73. The third-order valence-electron chi connectivity index (χ3n) is 4.39. The molecule has 0 aromatic carbocycles. The van der Waals surface area contributed by atoms with Gasteiger partial charge in [0.1, 0.15) is 5.82 Å². The Bertz CT molecular complexity index is 589. The number of rotatable bonds is 2. The molecule has 1 atom stereocenters. The van der Waals surface area contributed by atoms with E-state index in [9.17, 15) is 0 Å². The van der Waals surface area contributed by atoms with Gasteiger partial charge in [0.2, 0.25) is 0 Å². The quantitative estimate of drug-likeness (QED) is 0.913.